The monoisotopic (exact) mass is 433 g/mol. The van der Waals surface area contributed by atoms with Crippen molar-refractivity contribution < 1.29 is 19.1 Å². The van der Waals surface area contributed by atoms with Crippen molar-refractivity contribution >= 4 is 33.5 Å². The first-order chi connectivity index (χ1) is 13.1. The molecule has 0 unspecified atom stereocenters. The van der Waals surface area contributed by atoms with Crippen molar-refractivity contribution in [2.45, 2.75) is 32.6 Å². The molecule has 0 fully saturated rings. The molecule has 144 valence electrons. The van der Waals surface area contributed by atoms with E-state index in [9.17, 15) is 9.59 Å². The molecule has 0 aromatic heterocycles. The van der Waals surface area contributed by atoms with E-state index in [4.69, 9.17) is 9.47 Å². The third kappa shape index (κ3) is 6.10. The number of esters is 1. The standard InChI is InChI=1S/C21H24BrNO4/c1-3-4-5-8-13-27-19-12-11-15(22)14-17(19)20(24)23-18-10-7-6-9-16(18)21(25)26-2/h6-7,9-12,14H,3-5,8,13H2,1-2H3,(H,23,24). The van der Waals surface area contributed by atoms with Gasteiger partial charge in [0.05, 0.1) is 30.5 Å². The fraction of sp³-hybridized carbons (Fsp3) is 0.333. The van der Waals surface area contributed by atoms with Crippen LogP contribution in [0.15, 0.2) is 46.9 Å². The second kappa shape index (κ2) is 10.7. The molecule has 2 rings (SSSR count). The molecular formula is C21H24BrNO4. The minimum atomic E-state index is -0.507. The molecule has 0 aliphatic heterocycles. The van der Waals surface area contributed by atoms with Gasteiger partial charge in [0.25, 0.3) is 5.91 Å². The topological polar surface area (TPSA) is 64.6 Å². The number of benzene rings is 2. The number of anilines is 1. The van der Waals surface area contributed by atoms with E-state index in [-0.39, 0.29) is 5.91 Å². The van der Waals surface area contributed by atoms with Gasteiger partial charge in [-0.1, -0.05) is 54.2 Å². The number of rotatable bonds is 9. The molecule has 5 nitrogen and oxygen atoms in total. The van der Waals surface area contributed by atoms with E-state index in [2.05, 4.69) is 28.2 Å². The summed E-state index contributed by atoms with van der Waals surface area (Å²) < 4.78 is 11.4. The van der Waals surface area contributed by atoms with Crippen molar-refractivity contribution in [1.82, 2.24) is 0 Å². The van der Waals surface area contributed by atoms with Crippen molar-refractivity contribution in [2.24, 2.45) is 0 Å². The summed E-state index contributed by atoms with van der Waals surface area (Å²) in [5.74, 6) is -0.341. The average molecular weight is 434 g/mol. The molecule has 6 heteroatoms. The van der Waals surface area contributed by atoms with Gasteiger partial charge in [-0.25, -0.2) is 4.79 Å². The Morgan fingerprint density at radius 2 is 1.81 bits per heavy atom. The highest BCUT2D eigenvalue weighted by atomic mass is 79.9. The highest BCUT2D eigenvalue weighted by Crippen LogP contribution is 2.26. The number of ether oxygens (including phenoxy) is 2. The van der Waals surface area contributed by atoms with Gasteiger partial charge in [0.15, 0.2) is 0 Å². The number of para-hydroxylation sites is 1. The summed E-state index contributed by atoms with van der Waals surface area (Å²) in [5.41, 5.74) is 1.09. The Kier molecular flexibility index (Phi) is 8.33. The van der Waals surface area contributed by atoms with Gasteiger partial charge < -0.3 is 14.8 Å². The zero-order chi connectivity index (χ0) is 19.6. The highest BCUT2D eigenvalue weighted by Gasteiger charge is 2.17. The van der Waals surface area contributed by atoms with Gasteiger partial charge in [0.2, 0.25) is 0 Å². The quantitative estimate of drug-likeness (QED) is 0.421. The van der Waals surface area contributed by atoms with Crippen LogP contribution in [-0.4, -0.2) is 25.6 Å². The fourth-order valence-corrected chi connectivity index (χ4v) is 2.95. The zero-order valence-corrected chi connectivity index (χ0v) is 17.2. The van der Waals surface area contributed by atoms with Gasteiger partial charge in [-0.3, -0.25) is 4.79 Å². The van der Waals surface area contributed by atoms with Crippen molar-refractivity contribution in [3.63, 3.8) is 0 Å². The van der Waals surface area contributed by atoms with Crippen LogP contribution in [-0.2, 0) is 4.74 Å². The Bertz CT molecular complexity index is 792. The lowest BCUT2D eigenvalue weighted by Gasteiger charge is -2.14. The minimum Gasteiger partial charge on any atom is -0.493 e. The van der Waals surface area contributed by atoms with Crippen LogP contribution >= 0.6 is 15.9 Å². The van der Waals surface area contributed by atoms with E-state index in [0.29, 0.717) is 29.2 Å². The molecule has 2 aromatic rings. The molecule has 0 heterocycles. The van der Waals surface area contributed by atoms with Crippen molar-refractivity contribution in [2.75, 3.05) is 19.0 Å². The molecule has 0 saturated heterocycles. The molecule has 0 spiro atoms. The van der Waals surface area contributed by atoms with E-state index in [1.165, 1.54) is 13.5 Å². The maximum atomic E-state index is 12.8. The van der Waals surface area contributed by atoms with Gasteiger partial charge in [0.1, 0.15) is 5.75 Å². The number of methoxy groups -OCH3 is 1. The SMILES string of the molecule is CCCCCCOc1ccc(Br)cc1C(=O)Nc1ccccc1C(=O)OC. The summed E-state index contributed by atoms with van der Waals surface area (Å²) in [6.45, 7) is 2.71. The number of unbranched alkanes of at least 4 members (excludes halogenated alkanes) is 3. The Hall–Kier alpha value is -2.34. The maximum absolute atomic E-state index is 12.8. The third-order valence-corrected chi connectivity index (χ3v) is 4.52. The van der Waals surface area contributed by atoms with Gasteiger partial charge in [-0.2, -0.15) is 0 Å². The predicted octanol–water partition coefficient (Wildman–Crippen LogP) is 5.45. The number of carbonyl (C=O) groups is 2. The van der Waals surface area contributed by atoms with Gasteiger partial charge in [-0.05, 0) is 36.8 Å². The predicted molar refractivity (Wildman–Crippen MR) is 110 cm³/mol. The molecule has 1 amide bonds. The summed E-state index contributed by atoms with van der Waals surface area (Å²) >= 11 is 3.39. The zero-order valence-electron chi connectivity index (χ0n) is 15.6. The summed E-state index contributed by atoms with van der Waals surface area (Å²) in [6.07, 6.45) is 4.37. The number of nitrogens with one attached hydrogen (secondary N) is 1. The van der Waals surface area contributed by atoms with Crippen LogP contribution in [0.25, 0.3) is 0 Å². The van der Waals surface area contributed by atoms with Crippen LogP contribution in [0.1, 0.15) is 53.3 Å². The summed E-state index contributed by atoms with van der Waals surface area (Å²) in [5, 5.41) is 2.78. The molecule has 2 aromatic carbocycles. The van der Waals surface area contributed by atoms with Crippen LogP contribution < -0.4 is 10.1 Å². The van der Waals surface area contributed by atoms with E-state index in [0.717, 1.165) is 23.7 Å². The summed E-state index contributed by atoms with van der Waals surface area (Å²) in [7, 11) is 1.31. The molecule has 0 atom stereocenters. The van der Waals surface area contributed by atoms with Crippen LogP contribution in [0.5, 0.6) is 5.75 Å². The largest absolute Gasteiger partial charge is 0.493 e. The Morgan fingerprint density at radius 1 is 1.04 bits per heavy atom. The van der Waals surface area contributed by atoms with Crippen LogP contribution in [0.3, 0.4) is 0 Å². The lowest BCUT2D eigenvalue weighted by atomic mass is 10.1. The number of hydrogen-bond donors (Lipinski definition) is 1. The van der Waals surface area contributed by atoms with Crippen molar-refractivity contribution in [1.29, 1.82) is 0 Å². The average Bonchev–Trinajstić information content (AvgIpc) is 2.68. The van der Waals surface area contributed by atoms with Crippen molar-refractivity contribution in [3.05, 3.63) is 58.1 Å². The Balaban J connectivity index is 2.16. The summed E-state index contributed by atoms with van der Waals surface area (Å²) in [6, 6.07) is 12.0. The lowest BCUT2D eigenvalue weighted by Crippen LogP contribution is -2.16. The second-order valence-electron chi connectivity index (χ2n) is 6.04. The fourth-order valence-electron chi connectivity index (χ4n) is 2.59. The van der Waals surface area contributed by atoms with E-state index >= 15 is 0 Å². The number of amides is 1. The molecular weight excluding hydrogens is 410 g/mol. The number of carbonyl (C=O) groups excluding carboxylic acids is 2. The van der Waals surface area contributed by atoms with Crippen LogP contribution in [0, 0.1) is 0 Å². The van der Waals surface area contributed by atoms with Gasteiger partial charge in [-0.15, -0.1) is 0 Å². The number of halogens is 1. The molecule has 0 radical (unpaired) electrons. The van der Waals surface area contributed by atoms with Crippen LogP contribution in [0.2, 0.25) is 0 Å². The first-order valence-electron chi connectivity index (χ1n) is 8.97. The van der Waals surface area contributed by atoms with Crippen molar-refractivity contribution in [3.8, 4) is 5.75 Å². The molecule has 0 aliphatic carbocycles. The molecule has 27 heavy (non-hydrogen) atoms. The highest BCUT2D eigenvalue weighted by molar-refractivity contribution is 9.10. The van der Waals surface area contributed by atoms with E-state index in [1.807, 2.05) is 6.07 Å². The molecule has 0 bridgehead atoms. The molecule has 0 saturated carbocycles. The maximum Gasteiger partial charge on any atom is 0.339 e. The number of hydrogen-bond acceptors (Lipinski definition) is 4. The smallest absolute Gasteiger partial charge is 0.339 e. The lowest BCUT2D eigenvalue weighted by molar-refractivity contribution is 0.0602. The summed E-state index contributed by atoms with van der Waals surface area (Å²) in [4.78, 5) is 24.7. The molecule has 1 N–H and O–H groups in total. The Morgan fingerprint density at radius 3 is 2.56 bits per heavy atom. The molecule has 0 aliphatic rings. The van der Waals surface area contributed by atoms with E-state index < -0.39 is 5.97 Å². The first-order valence-corrected chi connectivity index (χ1v) is 9.77. The Labute approximate surface area is 168 Å². The normalized spacial score (nSPS) is 10.3. The van der Waals surface area contributed by atoms with Gasteiger partial charge in [0, 0.05) is 4.47 Å². The minimum absolute atomic E-state index is 0.297. The van der Waals surface area contributed by atoms with Gasteiger partial charge >= 0.3 is 5.97 Å². The van der Waals surface area contributed by atoms with Crippen LogP contribution in [0.4, 0.5) is 5.69 Å². The van der Waals surface area contributed by atoms with E-state index in [1.54, 1.807) is 36.4 Å². The third-order valence-electron chi connectivity index (χ3n) is 4.02. The first kappa shape index (κ1) is 21.0. The second-order valence-corrected chi connectivity index (χ2v) is 6.96.